The first kappa shape index (κ1) is 20.9. The lowest BCUT2D eigenvalue weighted by Gasteiger charge is -2.26. The van der Waals surface area contributed by atoms with E-state index in [1.54, 1.807) is 13.0 Å². The van der Waals surface area contributed by atoms with Crippen molar-refractivity contribution in [2.24, 2.45) is 0 Å². The van der Waals surface area contributed by atoms with Crippen molar-refractivity contribution in [1.82, 2.24) is 5.16 Å². The molecule has 2 aromatic rings. The number of aliphatic carboxylic acids is 1. The molecule has 9 heteroatoms. The number of carbonyl (C=O) groups is 1. The van der Waals surface area contributed by atoms with Gasteiger partial charge >= 0.3 is 5.97 Å². The SMILES string of the molecule is CCC(C[C@](C)(C(=O)O)S(C)(=O)=O)c1cc(-c2cccc(OC)c2F)on1. The lowest BCUT2D eigenvalue weighted by atomic mass is 9.90. The molecular weight excluding hydrogens is 377 g/mol. The van der Waals surface area contributed by atoms with E-state index in [-0.39, 0.29) is 23.5 Å². The Morgan fingerprint density at radius 2 is 2.11 bits per heavy atom. The Labute approximate surface area is 157 Å². The van der Waals surface area contributed by atoms with Crippen LogP contribution in [0.5, 0.6) is 5.75 Å². The van der Waals surface area contributed by atoms with Gasteiger partial charge in [0.15, 0.2) is 31.9 Å². The maximum atomic E-state index is 14.4. The number of halogens is 1. The summed E-state index contributed by atoms with van der Waals surface area (Å²) in [5.41, 5.74) is 0.512. The zero-order valence-corrected chi connectivity index (χ0v) is 16.3. The van der Waals surface area contributed by atoms with Gasteiger partial charge in [-0.1, -0.05) is 18.1 Å². The number of hydrogen-bond donors (Lipinski definition) is 1. The van der Waals surface area contributed by atoms with Crippen LogP contribution in [-0.4, -0.2) is 42.8 Å². The average molecular weight is 399 g/mol. The summed E-state index contributed by atoms with van der Waals surface area (Å²) in [6.45, 7) is 2.96. The molecule has 148 valence electrons. The van der Waals surface area contributed by atoms with Crippen molar-refractivity contribution in [3.05, 3.63) is 35.8 Å². The Balaban J connectivity index is 2.40. The Morgan fingerprint density at radius 1 is 1.44 bits per heavy atom. The molecule has 1 aromatic carbocycles. The van der Waals surface area contributed by atoms with Crippen LogP contribution in [0, 0.1) is 5.82 Å². The number of aromatic nitrogens is 1. The minimum atomic E-state index is -3.87. The van der Waals surface area contributed by atoms with Crippen molar-refractivity contribution in [3.63, 3.8) is 0 Å². The number of carboxylic acids is 1. The van der Waals surface area contributed by atoms with Gasteiger partial charge in [0, 0.05) is 18.2 Å². The molecule has 1 N–H and O–H groups in total. The molecule has 7 nitrogen and oxygen atoms in total. The molecule has 0 spiro atoms. The summed E-state index contributed by atoms with van der Waals surface area (Å²) < 4.78 is 46.7. The number of methoxy groups -OCH3 is 1. The summed E-state index contributed by atoms with van der Waals surface area (Å²) in [7, 11) is -2.53. The average Bonchev–Trinajstić information content (AvgIpc) is 3.08. The molecule has 0 aliphatic heterocycles. The molecule has 1 unspecified atom stereocenters. The third-order valence-electron chi connectivity index (χ3n) is 4.79. The van der Waals surface area contributed by atoms with Gasteiger partial charge < -0.3 is 14.4 Å². The third-order valence-corrected chi connectivity index (χ3v) is 6.77. The first-order valence-electron chi connectivity index (χ1n) is 8.27. The maximum absolute atomic E-state index is 14.4. The first-order valence-corrected chi connectivity index (χ1v) is 10.2. The van der Waals surface area contributed by atoms with E-state index in [0.717, 1.165) is 6.26 Å². The van der Waals surface area contributed by atoms with E-state index in [2.05, 4.69) is 5.16 Å². The highest BCUT2D eigenvalue weighted by atomic mass is 32.2. The van der Waals surface area contributed by atoms with Crippen LogP contribution in [0.1, 0.15) is 38.3 Å². The molecule has 1 heterocycles. The van der Waals surface area contributed by atoms with E-state index < -0.39 is 32.3 Å². The van der Waals surface area contributed by atoms with E-state index in [1.807, 2.05) is 0 Å². The highest BCUT2D eigenvalue weighted by Crippen LogP contribution is 2.36. The van der Waals surface area contributed by atoms with Crippen molar-refractivity contribution < 1.29 is 32.0 Å². The van der Waals surface area contributed by atoms with Gasteiger partial charge in [-0.3, -0.25) is 4.79 Å². The van der Waals surface area contributed by atoms with Crippen LogP contribution in [-0.2, 0) is 14.6 Å². The molecule has 27 heavy (non-hydrogen) atoms. The first-order chi connectivity index (χ1) is 12.5. The van der Waals surface area contributed by atoms with E-state index in [0.29, 0.717) is 12.1 Å². The van der Waals surface area contributed by atoms with Crippen LogP contribution in [0.3, 0.4) is 0 Å². The highest BCUT2D eigenvalue weighted by Gasteiger charge is 2.45. The number of hydrogen-bond acceptors (Lipinski definition) is 6. The van der Waals surface area contributed by atoms with E-state index in [1.165, 1.54) is 32.2 Å². The normalized spacial score (nSPS) is 15.1. The van der Waals surface area contributed by atoms with Crippen LogP contribution >= 0.6 is 0 Å². The number of ether oxygens (including phenoxy) is 1. The summed E-state index contributed by atoms with van der Waals surface area (Å²) in [6.07, 6.45) is 1.16. The fourth-order valence-corrected chi connectivity index (χ4v) is 3.61. The molecule has 0 saturated carbocycles. The number of nitrogens with zero attached hydrogens (tertiary/aromatic N) is 1. The molecule has 1 aromatic heterocycles. The number of rotatable bonds is 8. The molecule has 0 aliphatic rings. The van der Waals surface area contributed by atoms with Gasteiger partial charge in [-0.15, -0.1) is 0 Å². The maximum Gasteiger partial charge on any atom is 0.324 e. The topological polar surface area (TPSA) is 107 Å². The zero-order chi connectivity index (χ0) is 20.4. The minimum Gasteiger partial charge on any atom is -0.494 e. The largest absolute Gasteiger partial charge is 0.494 e. The van der Waals surface area contributed by atoms with Crippen molar-refractivity contribution in [2.45, 2.75) is 37.4 Å². The fraction of sp³-hybridized carbons (Fsp3) is 0.444. The summed E-state index contributed by atoms with van der Waals surface area (Å²) in [5, 5.41) is 13.4. The molecule has 0 fully saturated rings. The van der Waals surface area contributed by atoms with Gasteiger partial charge in [0.05, 0.1) is 18.4 Å². The lowest BCUT2D eigenvalue weighted by molar-refractivity contribution is -0.140. The standard InChI is InChI=1S/C18H22FNO6S/c1-5-11(10-18(2,17(21)22)27(4,23)24)13-9-15(26-20-13)12-7-6-8-14(25-3)16(12)19/h6-9,11H,5,10H2,1-4H3,(H,21,22)/t11?,18-/m1/s1. The van der Waals surface area contributed by atoms with Gasteiger partial charge in [0.2, 0.25) is 0 Å². The van der Waals surface area contributed by atoms with Crippen LogP contribution in [0.15, 0.2) is 28.8 Å². The summed E-state index contributed by atoms with van der Waals surface area (Å²) in [4.78, 5) is 11.6. The minimum absolute atomic E-state index is 0.0491. The molecule has 0 bridgehead atoms. The van der Waals surface area contributed by atoms with Gasteiger partial charge in [0.1, 0.15) is 0 Å². The van der Waals surface area contributed by atoms with Gasteiger partial charge in [-0.05, 0) is 31.9 Å². The summed E-state index contributed by atoms with van der Waals surface area (Å²) in [5.74, 6) is -2.33. The second kappa shape index (κ2) is 7.67. The Hall–Kier alpha value is -2.42. The van der Waals surface area contributed by atoms with Gasteiger partial charge in [0.25, 0.3) is 0 Å². The fourth-order valence-electron chi connectivity index (χ4n) is 2.79. The van der Waals surface area contributed by atoms with Crippen LogP contribution in [0.4, 0.5) is 4.39 Å². The predicted molar refractivity (Wildman–Crippen MR) is 97.0 cm³/mol. The van der Waals surface area contributed by atoms with E-state index in [9.17, 15) is 22.7 Å². The molecule has 2 rings (SSSR count). The number of carboxylic acid groups (broad SMARTS) is 1. The number of benzene rings is 1. The zero-order valence-electron chi connectivity index (χ0n) is 15.5. The van der Waals surface area contributed by atoms with Crippen molar-refractivity contribution in [1.29, 1.82) is 0 Å². The Morgan fingerprint density at radius 3 is 2.63 bits per heavy atom. The van der Waals surface area contributed by atoms with Crippen LogP contribution in [0.2, 0.25) is 0 Å². The quantitative estimate of drug-likeness (QED) is 0.726. The molecular formula is C18H22FNO6S. The predicted octanol–water partition coefficient (Wildman–Crippen LogP) is 3.26. The summed E-state index contributed by atoms with van der Waals surface area (Å²) >= 11 is 0. The Bertz CT molecular complexity index is 939. The molecule has 0 aliphatic carbocycles. The summed E-state index contributed by atoms with van der Waals surface area (Å²) in [6, 6.07) is 6.06. The molecule has 0 saturated heterocycles. The van der Waals surface area contributed by atoms with Gasteiger partial charge in [-0.2, -0.15) is 0 Å². The Kier molecular flexibility index (Phi) is 5.94. The van der Waals surface area contributed by atoms with Crippen molar-refractivity contribution in [3.8, 4) is 17.1 Å². The smallest absolute Gasteiger partial charge is 0.324 e. The van der Waals surface area contributed by atoms with Crippen molar-refractivity contribution >= 4 is 15.8 Å². The molecule has 2 atom stereocenters. The lowest BCUT2D eigenvalue weighted by Crippen LogP contribution is -2.44. The second-order valence-electron chi connectivity index (χ2n) is 6.56. The van der Waals surface area contributed by atoms with Crippen LogP contribution < -0.4 is 4.74 Å². The van der Waals surface area contributed by atoms with E-state index >= 15 is 0 Å². The van der Waals surface area contributed by atoms with E-state index in [4.69, 9.17) is 9.26 Å². The van der Waals surface area contributed by atoms with Crippen LogP contribution in [0.25, 0.3) is 11.3 Å². The second-order valence-corrected chi connectivity index (χ2v) is 9.00. The van der Waals surface area contributed by atoms with Gasteiger partial charge in [-0.25, -0.2) is 12.8 Å². The van der Waals surface area contributed by atoms with Crippen molar-refractivity contribution in [2.75, 3.05) is 13.4 Å². The number of sulfone groups is 1. The third kappa shape index (κ3) is 3.97. The monoisotopic (exact) mass is 399 g/mol. The highest BCUT2D eigenvalue weighted by molar-refractivity contribution is 7.92. The molecule has 0 radical (unpaired) electrons. The molecule has 0 amide bonds.